The van der Waals surface area contributed by atoms with Crippen molar-refractivity contribution in [1.29, 1.82) is 0 Å². The van der Waals surface area contributed by atoms with Crippen LogP contribution in [0.4, 0.5) is 0 Å². The fourth-order valence-electron chi connectivity index (χ4n) is 4.51. The largest absolute Gasteiger partial charge is 0.465 e. The van der Waals surface area contributed by atoms with E-state index in [1.54, 1.807) is 12.1 Å². The quantitative estimate of drug-likeness (QED) is 0.807. The van der Waals surface area contributed by atoms with Gasteiger partial charge >= 0.3 is 5.97 Å². The number of nitrogens with zero attached hydrogens (tertiary/aromatic N) is 1. The predicted octanol–water partition coefficient (Wildman–Crippen LogP) is 4.15. The fraction of sp³-hybridized carbons (Fsp3) is 0.435. The summed E-state index contributed by atoms with van der Waals surface area (Å²) in [5, 5.41) is 11.8. The molecule has 2 aromatic carbocycles. The van der Waals surface area contributed by atoms with Crippen molar-refractivity contribution < 1.29 is 14.6 Å². The van der Waals surface area contributed by atoms with Gasteiger partial charge in [-0.25, -0.2) is 4.79 Å². The number of benzene rings is 2. The summed E-state index contributed by atoms with van der Waals surface area (Å²) in [6.07, 6.45) is 3.81. The normalized spacial score (nSPS) is 23.8. The molecule has 0 heterocycles. The number of methoxy groups -OCH3 is 1. The van der Waals surface area contributed by atoms with Gasteiger partial charge in [0.25, 0.3) is 0 Å². The number of ether oxygens (including phenoxy) is 1. The van der Waals surface area contributed by atoms with Crippen molar-refractivity contribution >= 4 is 5.97 Å². The minimum atomic E-state index is -0.919. The minimum absolute atomic E-state index is 0.0765. The number of rotatable bonds is 5. The molecule has 1 aliphatic carbocycles. The number of carbonyl (C=O) groups excluding carboxylic acids is 1. The van der Waals surface area contributed by atoms with Gasteiger partial charge in [0.05, 0.1) is 18.3 Å². The molecular weight excluding hydrogens is 338 g/mol. The van der Waals surface area contributed by atoms with Crippen molar-refractivity contribution in [2.45, 2.75) is 37.3 Å². The summed E-state index contributed by atoms with van der Waals surface area (Å²) < 4.78 is 4.79. The summed E-state index contributed by atoms with van der Waals surface area (Å²) in [4.78, 5) is 13.9. The molecule has 0 amide bonds. The van der Waals surface area contributed by atoms with E-state index in [1.165, 1.54) is 12.7 Å². The molecule has 4 nitrogen and oxygen atoms in total. The Balaban J connectivity index is 1.99. The van der Waals surface area contributed by atoms with E-state index in [0.29, 0.717) is 5.56 Å². The molecule has 0 aromatic heterocycles. The second-order valence-corrected chi connectivity index (χ2v) is 7.66. The van der Waals surface area contributed by atoms with Gasteiger partial charge in [0.2, 0.25) is 0 Å². The Hall–Kier alpha value is -2.17. The molecule has 1 N–H and O–H groups in total. The van der Waals surface area contributed by atoms with Gasteiger partial charge in [-0.2, -0.15) is 0 Å². The second-order valence-electron chi connectivity index (χ2n) is 7.66. The molecule has 0 radical (unpaired) electrons. The zero-order valence-corrected chi connectivity index (χ0v) is 16.4. The van der Waals surface area contributed by atoms with Crippen LogP contribution in [0.2, 0.25) is 0 Å². The highest BCUT2D eigenvalue weighted by Gasteiger charge is 2.45. The Bertz CT molecular complexity index is 757. The van der Waals surface area contributed by atoms with Crippen LogP contribution in [0.5, 0.6) is 0 Å². The van der Waals surface area contributed by atoms with Crippen LogP contribution in [0.15, 0.2) is 54.6 Å². The maximum Gasteiger partial charge on any atom is 0.337 e. The van der Waals surface area contributed by atoms with Gasteiger partial charge in [-0.05, 0) is 50.2 Å². The third-order valence-corrected chi connectivity index (χ3v) is 5.82. The highest BCUT2D eigenvalue weighted by Crippen LogP contribution is 2.48. The average molecular weight is 367 g/mol. The highest BCUT2D eigenvalue weighted by atomic mass is 16.5. The standard InChI is InChI=1S/C23H29NO3/c1-24(2)21(17-9-5-4-6-10-17)20-11-7-8-16-23(20,26)19-14-12-18(13-15-19)22(25)27-3/h4-6,9-10,12-15,20-21,26H,7-8,11,16H2,1-3H3. The molecule has 3 atom stereocenters. The van der Waals surface area contributed by atoms with Gasteiger partial charge in [0.15, 0.2) is 0 Å². The van der Waals surface area contributed by atoms with Crippen LogP contribution in [0.1, 0.15) is 53.2 Å². The fourth-order valence-corrected chi connectivity index (χ4v) is 4.51. The van der Waals surface area contributed by atoms with Crippen molar-refractivity contribution in [3.05, 3.63) is 71.3 Å². The summed E-state index contributed by atoms with van der Waals surface area (Å²) in [7, 11) is 5.53. The molecule has 0 aliphatic heterocycles. The highest BCUT2D eigenvalue weighted by molar-refractivity contribution is 5.89. The number of carbonyl (C=O) groups is 1. The number of hydrogen-bond acceptors (Lipinski definition) is 4. The maximum atomic E-state index is 11.8. The van der Waals surface area contributed by atoms with Gasteiger partial charge < -0.3 is 14.7 Å². The van der Waals surface area contributed by atoms with Crippen molar-refractivity contribution in [3.8, 4) is 0 Å². The summed E-state index contributed by atoms with van der Waals surface area (Å²) in [5.74, 6) is -0.281. The van der Waals surface area contributed by atoms with Crippen molar-refractivity contribution in [2.24, 2.45) is 5.92 Å². The first-order chi connectivity index (χ1) is 13.0. The lowest BCUT2D eigenvalue weighted by Crippen LogP contribution is -2.45. The van der Waals surface area contributed by atoms with Crippen molar-refractivity contribution in [2.75, 3.05) is 21.2 Å². The molecular formula is C23H29NO3. The molecule has 0 bridgehead atoms. The van der Waals surface area contributed by atoms with Crippen molar-refractivity contribution in [3.63, 3.8) is 0 Å². The monoisotopic (exact) mass is 367 g/mol. The van der Waals surface area contributed by atoms with E-state index in [2.05, 4.69) is 43.3 Å². The molecule has 0 saturated heterocycles. The van der Waals surface area contributed by atoms with Crippen LogP contribution >= 0.6 is 0 Å². The summed E-state index contributed by atoms with van der Waals surface area (Å²) in [5.41, 5.74) is 1.68. The van der Waals surface area contributed by atoms with Gasteiger partial charge in [0.1, 0.15) is 0 Å². The Kier molecular flexibility index (Phi) is 5.98. The zero-order chi connectivity index (χ0) is 19.4. The van der Waals surface area contributed by atoms with Crippen LogP contribution in [-0.4, -0.2) is 37.2 Å². The van der Waals surface area contributed by atoms with Crippen LogP contribution in [-0.2, 0) is 10.3 Å². The Morgan fingerprint density at radius 2 is 1.78 bits per heavy atom. The summed E-state index contributed by atoms with van der Waals surface area (Å²) in [6, 6.07) is 17.8. The minimum Gasteiger partial charge on any atom is -0.465 e. The van der Waals surface area contributed by atoms with E-state index in [9.17, 15) is 9.90 Å². The van der Waals surface area contributed by atoms with E-state index in [4.69, 9.17) is 4.74 Å². The molecule has 2 aromatic rings. The Morgan fingerprint density at radius 1 is 1.11 bits per heavy atom. The number of esters is 1. The van der Waals surface area contributed by atoms with E-state index in [0.717, 1.165) is 31.2 Å². The molecule has 1 aliphatic rings. The van der Waals surface area contributed by atoms with E-state index in [1.807, 2.05) is 18.2 Å². The molecule has 1 fully saturated rings. The van der Waals surface area contributed by atoms with Crippen LogP contribution in [0.3, 0.4) is 0 Å². The van der Waals surface area contributed by atoms with Crippen molar-refractivity contribution in [1.82, 2.24) is 4.90 Å². The lowest BCUT2D eigenvalue weighted by Gasteiger charge is -2.46. The lowest BCUT2D eigenvalue weighted by atomic mass is 9.67. The summed E-state index contributed by atoms with van der Waals surface area (Å²) >= 11 is 0. The van der Waals surface area contributed by atoms with Crippen LogP contribution in [0, 0.1) is 5.92 Å². The van der Waals surface area contributed by atoms with Gasteiger partial charge in [-0.3, -0.25) is 0 Å². The number of aliphatic hydroxyl groups is 1. The second kappa shape index (κ2) is 8.24. The third-order valence-electron chi connectivity index (χ3n) is 5.82. The number of hydrogen-bond donors (Lipinski definition) is 1. The van der Waals surface area contributed by atoms with Crippen LogP contribution < -0.4 is 0 Å². The predicted molar refractivity (Wildman–Crippen MR) is 107 cm³/mol. The first-order valence-electron chi connectivity index (χ1n) is 9.60. The molecule has 27 heavy (non-hydrogen) atoms. The molecule has 4 heteroatoms. The molecule has 3 unspecified atom stereocenters. The maximum absolute atomic E-state index is 11.8. The van der Waals surface area contributed by atoms with Gasteiger partial charge in [-0.1, -0.05) is 55.3 Å². The molecule has 0 spiro atoms. The SMILES string of the molecule is COC(=O)c1ccc(C2(O)CCCCC2C(c2ccccc2)N(C)C)cc1. The summed E-state index contributed by atoms with van der Waals surface area (Å²) in [6.45, 7) is 0. The van der Waals surface area contributed by atoms with E-state index in [-0.39, 0.29) is 17.9 Å². The van der Waals surface area contributed by atoms with E-state index < -0.39 is 5.60 Å². The average Bonchev–Trinajstić information content (AvgIpc) is 2.70. The smallest absolute Gasteiger partial charge is 0.337 e. The van der Waals surface area contributed by atoms with E-state index >= 15 is 0 Å². The molecule has 144 valence electrons. The molecule has 3 rings (SSSR count). The first kappa shape index (κ1) is 19.6. The lowest BCUT2D eigenvalue weighted by molar-refractivity contribution is -0.0838. The van der Waals surface area contributed by atoms with Gasteiger partial charge in [0, 0.05) is 12.0 Å². The van der Waals surface area contributed by atoms with Gasteiger partial charge in [-0.15, -0.1) is 0 Å². The molecule has 1 saturated carbocycles. The Morgan fingerprint density at radius 3 is 2.37 bits per heavy atom. The first-order valence-corrected chi connectivity index (χ1v) is 9.60. The van der Waals surface area contributed by atoms with Crippen LogP contribution in [0.25, 0.3) is 0 Å². The topological polar surface area (TPSA) is 49.8 Å². The third kappa shape index (κ3) is 3.92. The Labute approximate surface area is 161 Å². The zero-order valence-electron chi connectivity index (χ0n) is 16.4.